The average Bonchev–Trinajstić information content (AvgIpc) is 2.98. The maximum Gasteiger partial charge on any atom is 0.306 e. The zero-order valence-electron chi connectivity index (χ0n) is 11.9. The fraction of sp³-hybridized carbons (Fsp3) is 0.400. The molecule has 0 radical (unpaired) electrons. The maximum atomic E-state index is 12.9. The third-order valence-electron chi connectivity index (χ3n) is 3.85. The predicted molar refractivity (Wildman–Crippen MR) is 81.7 cm³/mol. The van der Waals surface area contributed by atoms with Gasteiger partial charge in [0.05, 0.1) is 5.92 Å². The Balaban J connectivity index is 1.62. The van der Waals surface area contributed by atoms with E-state index in [1.807, 2.05) is 0 Å². The van der Waals surface area contributed by atoms with E-state index >= 15 is 0 Å². The van der Waals surface area contributed by atoms with E-state index < -0.39 is 5.97 Å². The lowest BCUT2D eigenvalue weighted by molar-refractivity contribution is -0.142. The summed E-state index contributed by atoms with van der Waals surface area (Å²) < 4.78 is 17.2. The van der Waals surface area contributed by atoms with Crippen molar-refractivity contribution in [2.45, 2.75) is 19.3 Å². The normalized spacial score (nSPS) is 16.0. The van der Waals surface area contributed by atoms with Crippen molar-refractivity contribution < 1.29 is 14.3 Å². The predicted octanol–water partition coefficient (Wildman–Crippen LogP) is 2.57. The number of hydrogen-bond donors (Lipinski definition) is 1. The van der Waals surface area contributed by atoms with Crippen LogP contribution >= 0.6 is 11.5 Å². The number of hydrogen-bond acceptors (Lipinski definition) is 5. The van der Waals surface area contributed by atoms with Crippen molar-refractivity contribution in [2.75, 3.05) is 18.0 Å². The van der Waals surface area contributed by atoms with Crippen LogP contribution in [0, 0.1) is 11.7 Å². The number of aromatic nitrogens is 2. The Labute approximate surface area is 131 Å². The van der Waals surface area contributed by atoms with E-state index in [0.29, 0.717) is 38.2 Å². The quantitative estimate of drug-likeness (QED) is 0.937. The van der Waals surface area contributed by atoms with Gasteiger partial charge in [-0.25, -0.2) is 9.37 Å². The second-order valence-electron chi connectivity index (χ2n) is 5.40. The van der Waals surface area contributed by atoms with Crippen LogP contribution in [0.15, 0.2) is 24.3 Å². The highest BCUT2D eigenvalue weighted by molar-refractivity contribution is 7.09. The number of benzene rings is 1. The van der Waals surface area contributed by atoms with E-state index in [0.717, 1.165) is 10.7 Å². The molecular weight excluding hydrogens is 305 g/mol. The van der Waals surface area contributed by atoms with E-state index in [9.17, 15) is 9.18 Å². The monoisotopic (exact) mass is 321 g/mol. The van der Waals surface area contributed by atoms with Gasteiger partial charge in [0.2, 0.25) is 5.13 Å². The SMILES string of the molecule is O=C(O)C1CCN(c2nc(Cc3ccc(F)cc3)ns2)CC1. The maximum absolute atomic E-state index is 12.9. The summed E-state index contributed by atoms with van der Waals surface area (Å²) in [5, 5.41) is 9.85. The van der Waals surface area contributed by atoms with Crippen molar-refractivity contribution in [1.82, 2.24) is 9.36 Å². The second-order valence-corrected chi connectivity index (χ2v) is 6.13. The van der Waals surface area contributed by atoms with Gasteiger partial charge in [-0.05, 0) is 30.5 Å². The van der Waals surface area contributed by atoms with Crippen LogP contribution in [0.2, 0.25) is 0 Å². The molecule has 0 aliphatic carbocycles. The molecule has 1 aliphatic heterocycles. The summed E-state index contributed by atoms with van der Waals surface area (Å²) in [5.41, 5.74) is 0.968. The van der Waals surface area contributed by atoms with Gasteiger partial charge in [0.25, 0.3) is 0 Å². The van der Waals surface area contributed by atoms with Crippen LogP contribution in [0.3, 0.4) is 0 Å². The van der Waals surface area contributed by atoms with Crippen LogP contribution in [0.25, 0.3) is 0 Å². The lowest BCUT2D eigenvalue weighted by Crippen LogP contribution is -2.36. The minimum Gasteiger partial charge on any atom is -0.481 e. The number of rotatable bonds is 4. The zero-order chi connectivity index (χ0) is 15.5. The van der Waals surface area contributed by atoms with Crippen molar-refractivity contribution in [3.05, 3.63) is 41.5 Å². The van der Waals surface area contributed by atoms with Gasteiger partial charge in [0, 0.05) is 31.0 Å². The van der Waals surface area contributed by atoms with E-state index in [-0.39, 0.29) is 11.7 Å². The fourth-order valence-electron chi connectivity index (χ4n) is 2.55. The number of nitrogens with zero attached hydrogens (tertiary/aromatic N) is 3. The van der Waals surface area contributed by atoms with Crippen LogP contribution in [0.4, 0.5) is 9.52 Å². The largest absolute Gasteiger partial charge is 0.481 e. The topological polar surface area (TPSA) is 66.3 Å². The van der Waals surface area contributed by atoms with E-state index in [1.165, 1.54) is 23.7 Å². The van der Waals surface area contributed by atoms with Gasteiger partial charge in [0.15, 0.2) is 0 Å². The zero-order valence-corrected chi connectivity index (χ0v) is 12.7. The molecular formula is C15H16FN3O2S. The van der Waals surface area contributed by atoms with Crippen molar-refractivity contribution in [3.63, 3.8) is 0 Å². The first-order chi connectivity index (χ1) is 10.6. The van der Waals surface area contributed by atoms with Gasteiger partial charge in [-0.1, -0.05) is 12.1 Å². The average molecular weight is 321 g/mol. The third-order valence-corrected chi connectivity index (χ3v) is 4.66. The first kappa shape index (κ1) is 14.9. The Morgan fingerprint density at radius 1 is 1.32 bits per heavy atom. The van der Waals surface area contributed by atoms with Crippen LogP contribution in [-0.2, 0) is 11.2 Å². The van der Waals surface area contributed by atoms with Crippen molar-refractivity contribution in [3.8, 4) is 0 Å². The molecule has 0 saturated carbocycles. The molecule has 2 heterocycles. The first-order valence-electron chi connectivity index (χ1n) is 7.16. The standard InChI is InChI=1S/C15H16FN3O2S/c16-12-3-1-10(2-4-12)9-13-17-15(22-18-13)19-7-5-11(6-8-19)14(20)21/h1-4,11H,5-9H2,(H,20,21). The van der Waals surface area contributed by atoms with Crippen LogP contribution < -0.4 is 4.90 Å². The van der Waals surface area contributed by atoms with Crippen molar-refractivity contribution in [1.29, 1.82) is 0 Å². The molecule has 2 aromatic rings. The Bertz CT molecular complexity index is 651. The molecule has 1 aromatic heterocycles. The van der Waals surface area contributed by atoms with Crippen LogP contribution in [0.1, 0.15) is 24.2 Å². The van der Waals surface area contributed by atoms with Gasteiger partial charge in [0.1, 0.15) is 11.6 Å². The molecule has 0 unspecified atom stereocenters. The minimum absolute atomic E-state index is 0.247. The summed E-state index contributed by atoms with van der Waals surface area (Å²) in [5.74, 6) is -0.499. The number of carbonyl (C=O) groups is 1. The first-order valence-corrected chi connectivity index (χ1v) is 7.94. The molecule has 22 heavy (non-hydrogen) atoms. The molecule has 116 valence electrons. The van der Waals surface area contributed by atoms with Crippen molar-refractivity contribution in [2.24, 2.45) is 5.92 Å². The molecule has 3 rings (SSSR count). The summed E-state index contributed by atoms with van der Waals surface area (Å²) in [6, 6.07) is 6.32. The lowest BCUT2D eigenvalue weighted by Gasteiger charge is -2.29. The summed E-state index contributed by atoms with van der Waals surface area (Å²) in [6.45, 7) is 1.39. The Hall–Kier alpha value is -2.02. The molecule has 1 N–H and O–H groups in total. The highest BCUT2D eigenvalue weighted by atomic mass is 32.1. The number of anilines is 1. The molecule has 1 saturated heterocycles. The molecule has 0 amide bonds. The number of carboxylic acids is 1. The summed E-state index contributed by atoms with van der Waals surface area (Å²) in [6.07, 6.45) is 1.85. The van der Waals surface area contributed by atoms with Gasteiger partial charge in [-0.2, -0.15) is 4.37 Å². The van der Waals surface area contributed by atoms with E-state index in [4.69, 9.17) is 5.11 Å². The van der Waals surface area contributed by atoms with Gasteiger partial charge >= 0.3 is 5.97 Å². The number of carboxylic acid groups (broad SMARTS) is 1. The van der Waals surface area contributed by atoms with Gasteiger partial charge in [-0.15, -0.1) is 0 Å². The lowest BCUT2D eigenvalue weighted by atomic mass is 9.98. The molecule has 5 nitrogen and oxygen atoms in total. The van der Waals surface area contributed by atoms with Gasteiger partial charge < -0.3 is 10.0 Å². The summed E-state index contributed by atoms with van der Waals surface area (Å²) in [4.78, 5) is 17.6. The van der Waals surface area contributed by atoms with E-state index in [2.05, 4.69) is 14.3 Å². The fourth-order valence-corrected chi connectivity index (χ4v) is 3.28. The second kappa shape index (κ2) is 6.39. The molecule has 1 fully saturated rings. The molecule has 1 aliphatic rings. The van der Waals surface area contributed by atoms with E-state index in [1.54, 1.807) is 12.1 Å². The minimum atomic E-state index is -0.714. The third kappa shape index (κ3) is 3.41. The Kier molecular flexibility index (Phi) is 4.33. The Morgan fingerprint density at radius 2 is 2.00 bits per heavy atom. The highest BCUT2D eigenvalue weighted by Crippen LogP contribution is 2.25. The van der Waals surface area contributed by atoms with Gasteiger partial charge in [-0.3, -0.25) is 4.79 Å². The number of aliphatic carboxylic acids is 1. The smallest absolute Gasteiger partial charge is 0.306 e. The molecule has 0 atom stereocenters. The number of piperidine rings is 1. The molecule has 0 bridgehead atoms. The summed E-state index contributed by atoms with van der Waals surface area (Å²) in [7, 11) is 0. The Morgan fingerprint density at radius 3 is 2.64 bits per heavy atom. The summed E-state index contributed by atoms with van der Waals surface area (Å²) >= 11 is 1.33. The number of halogens is 1. The van der Waals surface area contributed by atoms with Crippen LogP contribution in [-0.4, -0.2) is 33.5 Å². The van der Waals surface area contributed by atoms with Crippen molar-refractivity contribution >= 4 is 22.6 Å². The van der Waals surface area contributed by atoms with Crippen LogP contribution in [0.5, 0.6) is 0 Å². The molecule has 7 heteroatoms. The highest BCUT2D eigenvalue weighted by Gasteiger charge is 2.26. The molecule has 0 spiro atoms. The molecule has 1 aromatic carbocycles.